The SMILES string of the molecule is CC(O)C(C)(C)Nc1ccc(N)c(OC(C)(C)C)n1. The Morgan fingerprint density at radius 2 is 1.84 bits per heavy atom. The minimum Gasteiger partial charge on any atom is -0.470 e. The van der Waals surface area contributed by atoms with Gasteiger partial charge in [-0.2, -0.15) is 4.98 Å². The third-order valence-electron chi connectivity index (χ3n) is 2.79. The fourth-order valence-corrected chi connectivity index (χ4v) is 1.33. The largest absolute Gasteiger partial charge is 0.470 e. The Balaban J connectivity index is 2.97. The highest BCUT2D eigenvalue weighted by Gasteiger charge is 2.24. The molecule has 1 aromatic rings. The van der Waals surface area contributed by atoms with Crippen LogP contribution in [0, 0.1) is 0 Å². The first kappa shape index (κ1) is 15.6. The molecular formula is C14H25N3O2. The molecule has 0 aromatic carbocycles. The van der Waals surface area contributed by atoms with E-state index in [1.165, 1.54) is 0 Å². The molecule has 1 atom stereocenters. The van der Waals surface area contributed by atoms with Gasteiger partial charge in [0.15, 0.2) is 0 Å². The number of aromatic nitrogens is 1. The summed E-state index contributed by atoms with van der Waals surface area (Å²) < 4.78 is 5.71. The van der Waals surface area contributed by atoms with E-state index < -0.39 is 11.6 Å². The van der Waals surface area contributed by atoms with E-state index in [2.05, 4.69) is 10.3 Å². The number of hydrogen-bond acceptors (Lipinski definition) is 5. The molecule has 1 rings (SSSR count). The van der Waals surface area contributed by atoms with Gasteiger partial charge in [0.05, 0.1) is 17.3 Å². The Labute approximate surface area is 115 Å². The van der Waals surface area contributed by atoms with Crippen LogP contribution < -0.4 is 15.8 Å². The topological polar surface area (TPSA) is 80.4 Å². The lowest BCUT2D eigenvalue weighted by Crippen LogP contribution is -2.42. The Morgan fingerprint density at radius 1 is 1.26 bits per heavy atom. The number of hydrogen-bond donors (Lipinski definition) is 3. The lowest BCUT2D eigenvalue weighted by atomic mass is 9.99. The summed E-state index contributed by atoms with van der Waals surface area (Å²) in [5, 5.41) is 12.9. The summed E-state index contributed by atoms with van der Waals surface area (Å²) in [6, 6.07) is 3.52. The first-order chi connectivity index (χ1) is 8.51. The van der Waals surface area contributed by atoms with Gasteiger partial charge in [-0.3, -0.25) is 0 Å². The third kappa shape index (κ3) is 4.59. The number of nitrogens with zero attached hydrogens (tertiary/aromatic N) is 1. The van der Waals surface area contributed by atoms with Crippen LogP contribution in [-0.2, 0) is 0 Å². The molecule has 0 aliphatic rings. The van der Waals surface area contributed by atoms with Gasteiger partial charge in [0, 0.05) is 0 Å². The van der Waals surface area contributed by atoms with Crippen molar-refractivity contribution in [3.63, 3.8) is 0 Å². The second-order valence-electron chi connectivity index (χ2n) is 6.33. The molecule has 0 radical (unpaired) electrons. The average molecular weight is 267 g/mol. The second-order valence-corrected chi connectivity index (χ2v) is 6.33. The molecule has 0 fully saturated rings. The molecule has 5 nitrogen and oxygen atoms in total. The van der Waals surface area contributed by atoms with Crippen molar-refractivity contribution in [3.05, 3.63) is 12.1 Å². The lowest BCUT2D eigenvalue weighted by molar-refractivity contribution is 0.124. The molecule has 0 saturated carbocycles. The van der Waals surface area contributed by atoms with Crippen LogP contribution >= 0.6 is 0 Å². The quantitative estimate of drug-likeness (QED) is 0.780. The van der Waals surface area contributed by atoms with E-state index in [4.69, 9.17) is 10.5 Å². The van der Waals surface area contributed by atoms with Crippen molar-refractivity contribution >= 4 is 11.5 Å². The van der Waals surface area contributed by atoms with Gasteiger partial charge in [0.25, 0.3) is 0 Å². The van der Waals surface area contributed by atoms with Crippen molar-refractivity contribution in [1.29, 1.82) is 0 Å². The standard InChI is InChI=1S/C14H25N3O2/c1-9(18)14(5,6)17-11-8-7-10(15)12(16-11)19-13(2,3)4/h7-9,18H,15H2,1-6H3,(H,16,17). The van der Waals surface area contributed by atoms with Crippen LogP contribution in [0.1, 0.15) is 41.5 Å². The van der Waals surface area contributed by atoms with Gasteiger partial charge in [-0.15, -0.1) is 0 Å². The van der Waals surface area contributed by atoms with Gasteiger partial charge >= 0.3 is 0 Å². The molecule has 1 aromatic heterocycles. The first-order valence-corrected chi connectivity index (χ1v) is 6.43. The number of pyridine rings is 1. The molecular weight excluding hydrogens is 242 g/mol. The van der Waals surface area contributed by atoms with Gasteiger partial charge in [-0.05, 0) is 53.7 Å². The average Bonchev–Trinajstić information content (AvgIpc) is 2.20. The van der Waals surface area contributed by atoms with Crippen molar-refractivity contribution in [2.75, 3.05) is 11.1 Å². The predicted molar refractivity (Wildman–Crippen MR) is 78.4 cm³/mol. The number of nitrogens with one attached hydrogen (secondary N) is 1. The van der Waals surface area contributed by atoms with Crippen molar-refractivity contribution < 1.29 is 9.84 Å². The van der Waals surface area contributed by atoms with E-state index in [1.54, 1.807) is 19.1 Å². The minimum absolute atomic E-state index is 0.362. The zero-order valence-electron chi connectivity index (χ0n) is 12.6. The van der Waals surface area contributed by atoms with Crippen LogP contribution in [0.2, 0.25) is 0 Å². The summed E-state index contributed by atoms with van der Waals surface area (Å²) in [6.45, 7) is 11.4. The highest BCUT2D eigenvalue weighted by Crippen LogP contribution is 2.26. The third-order valence-corrected chi connectivity index (χ3v) is 2.79. The molecule has 1 unspecified atom stereocenters. The highest BCUT2D eigenvalue weighted by molar-refractivity contribution is 5.54. The van der Waals surface area contributed by atoms with Crippen molar-refractivity contribution in [2.24, 2.45) is 0 Å². The maximum Gasteiger partial charge on any atom is 0.239 e. The van der Waals surface area contributed by atoms with Crippen LogP contribution in [-0.4, -0.2) is 27.3 Å². The highest BCUT2D eigenvalue weighted by atomic mass is 16.5. The summed E-state index contributed by atoms with van der Waals surface area (Å²) in [5.41, 5.74) is 5.51. The zero-order chi connectivity index (χ0) is 14.8. The fraction of sp³-hybridized carbons (Fsp3) is 0.643. The van der Waals surface area contributed by atoms with E-state index in [0.717, 1.165) is 0 Å². The maximum atomic E-state index is 9.71. The predicted octanol–water partition coefficient (Wildman–Crippen LogP) is 2.41. The molecule has 19 heavy (non-hydrogen) atoms. The Hall–Kier alpha value is -1.49. The maximum absolute atomic E-state index is 9.71. The first-order valence-electron chi connectivity index (χ1n) is 6.43. The van der Waals surface area contributed by atoms with E-state index in [1.807, 2.05) is 34.6 Å². The van der Waals surface area contributed by atoms with Gasteiger partial charge in [-0.25, -0.2) is 0 Å². The molecule has 0 saturated heterocycles. The van der Waals surface area contributed by atoms with E-state index in [-0.39, 0.29) is 5.60 Å². The van der Waals surface area contributed by atoms with Crippen LogP contribution in [0.4, 0.5) is 11.5 Å². The van der Waals surface area contributed by atoms with E-state index in [0.29, 0.717) is 17.4 Å². The molecule has 0 bridgehead atoms. The van der Waals surface area contributed by atoms with Gasteiger partial charge in [-0.1, -0.05) is 0 Å². The molecule has 4 N–H and O–H groups in total. The van der Waals surface area contributed by atoms with Crippen LogP contribution in [0.25, 0.3) is 0 Å². The van der Waals surface area contributed by atoms with Gasteiger partial charge in [0.1, 0.15) is 11.4 Å². The lowest BCUT2D eigenvalue weighted by Gasteiger charge is -2.30. The molecule has 0 aliphatic carbocycles. The number of aliphatic hydroxyl groups excluding tert-OH is 1. The number of aliphatic hydroxyl groups is 1. The summed E-state index contributed by atoms with van der Waals surface area (Å²) in [5.74, 6) is 1.03. The van der Waals surface area contributed by atoms with Crippen LogP contribution in [0.5, 0.6) is 5.88 Å². The number of anilines is 2. The number of nitrogens with two attached hydrogens (primary N) is 1. The fourth-order valence-electron chi connectivity index (χ4n) is 1.33. The van der Waals surface area contributed by atoms with Crippen molar-refractivity contribution in [2.45, 2.75) is 58.8 Å². The summed E-state index contributed by atoms with van der Waals surface area (Å²) in [7, 11) is 0. The molecule has 1 heterocycles. The molecule has 0 aliphatic heterocycles. The monoisotopic (exact) mass is 267 g/mol. The van der Waals surface area contributed by atoms with Crippen LogP contribution in [0.3, 0.4) is 0 Å². The molecule has 0 amide bonds. The Bertz CT molecular complexity index is 437. The van der Waals surface area contributed by atoms with Crippen molar-refractivity contribution in [1.82, 2.24) is 4.98 Å². The number of nitrogen functional groups attached to an aromatic ring is 1. The van der Waals surface area contributed by atoms with Gasteiger partial charge in [0.2, 0.25) is 5.88 Å². The Morgan fingerprint density at radius 3 is 2.32 bits per heavy atom. The van der Waals surface area contributed by atoms with Crippen LogP contribution in [0.15, 0.2) is 12.1 Å². The smallest absolute Gasteiger partial charge is 0.239 e. The number of ether oxygens (including phenoxy) is 1. The van der Waals surface area contributed by atoms with Gasteiger partial charge < -0.3 is 20.9 Å². The normalized spacial score (nSPS) is 14.1. The van der Waals surface area contributed by atoms with E-state index in [9.17, 15) is 5.11 Å². The molecule has 108 valence electrons. The summed E-state index contributed by atoms with van der Waals surface area (Å²) in [6.07, 6.45) is -0.515. The summed E-state index contributed by atoms with van der Waals surface area (Å²) >= 11 is 0. The second kappa shape index (κ2) is 5.25. The zero-order valence-corrected chi connectivity index (χ0v) is 12.6. The number of rotatable bonds is 4. The molecule has 0 spiro atoms. The Kier molecular flexibility index (Phi) is 4.30. The summed E-state index contributed by atoms with van der Waals surface area (Å²) in [4.78, 5) is 4.36. The minimum atomic E-state index is -0.515. The van der Waals surface area contributed by atoms with Crippen molar-refractivity contribution in [3.8, 4) is 5.88 Å². The molecule has 5 heteroatoms. The van der Waals surface area contributed by atoms with E-state index >= 15 is 0 Å².